The fourth-order valence-corrected chi connectivity index (χ4v) is 3.34. The van der Waals surface area contributed by atoms with Gasteiger partial charge in [0.1, 0.15) is 0 Å². The summed E-state index contributed by atoms with van der Waals surface area (Å²) >= 11 is 2.81. The smallest absolute Gasteiger partial charge is 0.230 e. The molecule has 0 fully saturated rings. The number of nitrogens with zero attached hydrogens (tertiary/aromatic N) is 2. The van der Waals surface area contributed by atoms with Gasteiger partial charge in [-0.15, -0.1) is 10.2 Å². The molecule has 2 rings (SSSR count). The second-order valence-electron chi connectivity index (χ2n) is 4.68. The van der Waals surface area contributed by atoms with Gasteiger partial charge in [0.25, 0.3) is 0 Å². The Hall–Kier alpha value is -1.64. The number of methoxy groups -OCH3 is 1. The van der Waals surface area contributed by atoms with E-state index < -0.39 is 0 Å². The molecule has 0 radical (unpaired) electrons. The third kappa shape index (κ3) is 6.17. The van der Waals surface area contributed by atoms with E-state index in [2.05, 4.69) is 39.9 Å². The maximum atomic E-state index is 11.6. The molecule has 1 heterocycles. The van der Waals surface area contributed by atoms with Gasteiger partial charge in [-0.25, -0.2) is 0 Å². The summed E-state index contributed by atoms with van der Waals surface area (Å²) in [6, 6.07) is 8.22. The number of carbonyl (C=O) groups is 1. The minimum atomic E-state index is -0.0353. The van der Waals surface area contributed by atoms with Gasteiger partial charge in [-0.1, -0.05) is 42.2 Å². The molecule has 0 bridgehead atoms. The van der Waals surface area contributed by atoms with E-state index in [1.807, 2.05) is 12.1 Å². The van der Waals surface area contributed by atoms with Gasteiger partial charge in [-0.05, 0) is 24.1 Å². The minimum Gasteiger partial charge on any atom is -0.383 e. The highest BCUT2D eigenvalue weighted by Crippen LogP contribution is 2.27. The maximum Gasteiger partial charge on any atom is 0.230 e. The molecule has 0 atom stereocenters. The van der Waals surface area contributed by atoms with Crippen molar-refractivity contribution in [1.29, 1.82) is 0 Å². The van der Waals surface area contributed by atoms with Crippen molar-refractivity contribution in [3.8, 4) is 0 Å². The van der Waals surface area contributed by atoms with E-state index >= 15 is 0 Å². The Morgan fingerprint density at radius 2 is 2.09 bits per heavy atom. The van der Waals surface area contributed by atoms with Gasteiger partial charge in [0.2, 0.25) is 11.0 Å². The molecule has 23 heavy (non-hydrogen) atoms. The summed E-state index contributed by atoms with van der Waals surface area (Å²) in [5.41, 5.74) is 2.27. The quantitative estimate of drug-likeness (QED) is 0.534. The molecule has 0 saturated carbocycles. The van der Waals surface area contributed by atoms with Crippen LogP contribution in [0.2, 0.25) is 0 Å². The van der Waals surface area contributed by atoms with Gasteiger partial charge in [0.15, 0.2) is 4.34 Å². The average molecular weight is 352 g/mol. The molecular formula is C15H20N4O2S2. The Bertz CT molecular complexity index is 616. The molecular weight excluding hydrogens is 332 g/mol. The van der Waals surface area contributed by atoms with Gasteiger partial charge in [-0.3, -0.25) is 4.79 Å². The molecule has 1 aromatic heterocycles. The van der Waals surface area contributed by atoms with E-state index in [0.717, 1.165) is 21.6 Å². The van der Waals surface area contributed by atoms with Crippen molar-refractivity contribution < 1.29 is 9.53 Å². The Morgan fingerprint density at radius 3 is 2.78 bits per heavy atom. The van der Waals surface area contributed by atoms with Crippen LogP contribution in [0, 0.1) is 0 Å². The Balaban J connectivity index is 1.79. The molecule has 8 heteroatoms. The van der Waals surface area contributed by atoms with Crippen LogP contribution in [0.15, 0.2) is 28.6 Å². The van der Waals surface area contributed by atoms with Crippen molar-refractivity contribution in [2.75, 3.05) is 31.3 Å². The molecule has 2 N–H and O–H groups in total. The predicted octanol–water partition coefficient (Wildman–Crippen LogP) is 2.70. The lowest BCUT2D eigenvalue weighted by Crippen LogP contribution is -2.28. The number of amides is 1. The van der Waals surface area contributed by atoms with E-state index in [1.54, 1.807) is 7.11 Å². The summed E-state index contributed by atoms with van der Waals surface area (Å²) < 4.78 is 5.64. The van der Waals surface area contributed by atoms with Crippen LogP contribution in [0.25, 0.3) is 0 Å². The lowest BCUT2D eigenvalue weighted by molar-refractivity contribution is -0.118. The molecule has 1 amide bonds. The number of hydrogen-bond donors (Lipinski definition) is 2. The van der Waals surface area contributed by atoms with Crippen LogP contribution in [0.4, 0.5) is 10.8 Å². The summed E-state index contributed by atoms with van der Waals surface area (Å²) in [5, 5.41) is 14.9. The fraction of sp³-hybridized carbons (Fsp3) is 0.400. The third-order valence-corrected chi connectivity index (χ3v) is 4.95. The second-order valence-corrected chi connectivity index (χ2v) is 6.88. The first-order valence-corrected chi connectivity index (χ1v) is 9.09. The standard InChI is InChI=1S/C15H20N4O2S2/c1-3-11-4-6-12(7-5-11)17-14-18-19-15(23-14)22-10-13(20)16-8-9-21-2/h4-7H,3,8-10H2,1-2H3,(H,16,20)(H,17,18). The minimum absolute atomic E-state index is 0.0353. The maximum absolute atomic E-state index is 11.6. The van der Waals surface area contributed by atoms with Crippen molar-refractivity contribution in [3.63, 3.8) is 0 Å². The Morgan fingerprint density at radius 1 is 1.30 bits per heavy atom. The molecule has 0 aliphatic rings. The van der Waals surface area contributed by atoms with E-state index in [0.29, 0.717) is 18.9 Å². The summed E-state index contributed by atoms with van der Waals surface area (Å²) in [7, 11) is 1.60. The highest BCUT2D eigenvalue weighted by Gasteiger charge is 2.08. The Labute approximate surface area is 144 Å². The fourth-order valence-electron chi connectivity index (χ4n) is 1.74. The largest absolute Gasteiger partial charge is 0.383 e. The van der Waals surface area contributed by atoms with E-state index in [1.165, 1.54) is 28.7 Å². The van der Waals surface area contributed by atoms with E-state index in [-0.39, 0.29) is 5.91 Å². The summed E-state index contributed by atoms with van der Waals surface area (Å²) in [6.07, 6.45) is 1.02. The van der Waals surface area contributed by atoms with Crippen LogP contribution in [0.1, 0.15) is 12.5 Å². The molecule has 2 aromatic rings. The van der Waals surface area contributed by atoms with Gasteiger partial charge in [0.05, 0.1) is 12.4 Å². The number of benzene rings is 1. The number of nitrogens with one attached hydrogen (secondary N) is 2. The summed E-state index contributed by atoms with van der Waals surface area (Å²) in [6.45, 7) is 3.16. The monoisotopic (exact) mass is 352 g/mol. The van der Waals surface area contributed by atoms with Crippen LogP contribution in [-0.4, -0.2) is 42.1 Å². The number of thioether (sulfide) groups is 1. The lowest BCUT2D eigenvalue weighted by atomic mass is 10.1. The number of aryl methyl sites for hydroxylation is 1. The van der Waals surface area contributed by atoms with Crippen molar-refractivity contribution in [2.45, 2.75) is 17.7 Å². The van der Waals surface area contributed by atoms with Crippen molar-refractivity contribution in [3.05, 3.63) is 29.8 Å². The van der Waals surface area contributed by atoms with Crippen LogP contribution in [0.3, 0.4) is 0 Å². The van der Waals surface area contributed by atoms with Gasteiger partial charge in [-0.2, -0.15) is 0 Å². The highest BCUT2D eigenvalue weighted by atomic mass is 32.2. The van der Waals surface area contributed by atoms with Crippen LogP contribution in [0.5, 0.6) is 0 Å². The molecule has 6 nitrogen and oxygen atoms in total. The van der Waals surface area contributed by atoms with Gasteiger partial charge >= 0.3 is 0 Å². The first-order chi connectivity index (χ1) is 11.2. The van der Waals surface area contributed by atoms with Crippen molar-refractivity contribution in [1.82, 2.24) is 15.5 Å². The predicted molar refractivity (Wildman–Crippen MR) is 94.6 cm³/mol. The van der Waals surface area contributed by atoms with Crippen LogP contribution < -0.4 is 10.6 Å². The van der Waals surface area contributed by atoms with E-state index in [9.17, 15) is 4.79 Å². The molecule has 0 aliphatic carbocycles. The van der Waals surface area contributed by atoms with Crippen LogP contribution in [-0.2, 0) is 16.0 Å². The zero-order valence-corrected chi connectivity index (χ0v) is 14.8. The summed E-state index contributed by atoms with van der Waals surface area (Å²) in [4.78, 5) is 11.6. The summed E-state index contributed by atoms with van der Waals surface area (Å²) in [5.74, 6) is 0.288. The molecule has 124 valence electrons. The number of rotatable bonds is 9. The normalized spacial score (nSPS) is 10.5. The molecule has 1 aromatic carbocycles. The van der Waals surface area contributed by atoms with Crippen LogP contribution >= 0.6 is 23.1 Å². The molecule has 0 aliphatic heterocycles. The highest BCUT2D eigenvalue weighted by molar-refractivity contribution is 8.01. The zero-order chi connectivity index (χ0) is 16.5. The van der Waals surface area contributed by atoms with Gasteiger partial charge < -0.3 is 15.4 Å². The number of carbonyl (C=O) groups excluding carboxylic acids is 1. The first-order valence-electron chi connectivity index (χ1n) is 7.29. The zero-order valence-electron chi connectivity index (χ0n) is 13.2. The first kappa shape index (κ1) is 17.7. The number of ether oxygens (including phenoxy) is 1. The molecule has 0 spiro atoms. The average Bonchev–Trinajstić information content (AvgIpc) is 3.01. The lowest BCUT2D eigenvalue weighted by Gasteiger charge is -2.03. The van der Waals surface area contributed by atoms with E-state index in [4.69, 9.17) is 4.74 Å². The number of aromatic nitrogens is 2. The molecule has 0 saturated heterocycles. The second kappa shape index (κ2) is 9.49. The SMILES string of the molecule is CCc1ccc(Nc2nnc(SCC(=O)NCCOC)s2)cc1. The topological polar surface area (TPSA) is 76.1 Å². The molecule has 0 unspecified atom stereocenters. The van der Waals surface area contributed by atoms with Crippen molar-refractivity contribution >= 4 is 39.8 Å². The van der Waals surface area contributed by atoms with Gasteiger partial charge in [0, 0.05) is 19.3 Å². The van der Waals surface area contributed by atoms with Crippen molar-refractivity contribution in [2.24, 2.45) is 0 Å². The third-order valence-electron chi connectivity index (χ3n) is 2.98. The Kier molecular flexibility index (Phi) is 7.31. The number of anilines is 2. The number of hydrogen-bond acceptors (Lipinski definition) is 7.